The summed E-state index contributed by atoms with van der Waals surface area (Å²) in [7, 11) is 0. The van der Waals surface area contributed by atoms with E-state index in [9.17, 15) is 4.79 Å². The maximum absolute atomic E-state index is 12.3. The normalized spacial score (nSPS) is 11.1. The Balaban J connectivity index is 1.36. The Morgan fingerprint density at radius 2 is 1.85 bits per heavy atom. The number of benzene rings is 2. The zero-order valence-corrected chi connectivity index (χ0v) is 18.0. The van der Waals surface area contributed by atoms with Crippen LogP contribution < -0.4 is 11.1 Å². The van der Waals surface area contributed by atoms with E-state index in [0.29, 0.717) is 45.5 Å². The van der Waals surface area contributed by atoms with Gasteiger partial charge in [-0.2, -0.15) is 5.10 Å². The minimum absolute atomic E-state index is 0.0138. The minimum Gasteiger partial charge on any atom is -0.383 e. The van der Waals surface area contributed by atoms with Gasteiger partial charge in [0.2, 0.25) is 5.91 Å². The molecule has 0 radical (unpaired) electrons. The molecule has 3 aromatic heterocycles. The van der Waals surface area contributed by atoms with Crippen molar-refractivity contribution >= 4 is 40.0 Å². The van der Waals surface area contributed by atoms with E-state index in [2.05, 4.69) is 25.6 Å². The topological polar surface area (TPSA) is 129 Å². The summed E-state index contributed by atoms with van der Waals surface area (Å²) in [6, 6.07) is 16.6. The van der Waals surface area contributed by atoms with Crippen LogP contribution in [0.4, 0.5) is 11.5 Å². The Bertz CT molecular complexity index is 1430. The number of anilines is 2. The first-order valence-corrected chi connectivity index (χ1v) is 10.4. The number of halogens is 1. The van der Waals surface area contributed by atoms with E-state index in [4.69, 9.17) is 22.4 Å². The lowest BCUT2D eigenvalue weighted by atomic mass is 10.1. The Labute approximate surface area is 193 Å². The van der Waals surface area contributed by atoms with Crippen molar-refractivity contribution in [2.75, 3.05) is 11.1 Å². The van der Waals surface area contributed by atoms with Crippen LogP contribution in [0.5, 0.6) is 0 Å². The number of nitrogens with zero attached hydrogens (tertiary/aromatic N) is 7. The lowest BCUT2D eigenvalue weighted by Crippen LogP contribution is -2.19. The van der Waals surface area contributed by atoms with Crippen LogP contribution >= 0.6 is 11.6 Å². The van der Waals surface area contributed by atoms with E-state index in [-0.39, 0.29) is 12.5 Å². The van der Waals surface area contributed by atoms with Gasteiger partial charge < -0.3 is 11.1 Å². The number of nitrogen functional groups attached to an aromatic ring is 1. The van der Waals surface area contributed by atoms with Crippen molar-refractivity contribution < 1.29 is 4.79 Å². The first-order valence-electron chi connectivity index (χ1n) is 10.0. The summed E-state index contributed by atoms with van der Waals surface area (Å²) in [5, 5.41) is 17.0. The van der Waals surface area contributed by atoms with Crippen LogP contribution in [0.2, 0.25) is 5.02 Å². The van der Waals surface area contributed by atoms with Gasteiger partial charge in [0.05, 0.1) is 18.1 Å². The predicted molar refractivity (Wildman–Crippen MR) is 124 cm³/mol. The molecule has 5 aromatic rings. The number of amides is 1. The van der Waals surface area contributed by atoms with Gasteiger partial charge in [0.25, 0.3) is 0 Å². The summed E-state index contributed by atoms with van der Waals surface area (Å²) < 4.78 is 3.17. The first-order chi connectivity index (χ1) is 16.1. The van der Waals surface area contributed by atoms with Crippen LogP contribution in [0.25, 0.3) is 22.3 Å². The number of carbonyl (C=O) groups excluding carboxylic acids is 1. The Morgan fingerprint density at radius 3 is 2.64 bits per heavy atom. The zero-order chi connectivity index (χ0) is 22.8. The second-order valence-electron chi connectivity index (χ2n) is 7.29. The minimum atomic E-state index is -0.231. The highest BCUT2D eigenvalue weighted by atomic mass is 35.5. The van der Waals surface area contributed by atoms with Gasteiger partial charge >= 0.3 is 0 Å². The molecule has 0 aliphatic rings. The van der Waals surface area contributed by atoms with Crippen molar-refractivity contribution in [1.29, 1.82) is 0 Å². The molecule has 3 N–H and O–H groups in total. The van der Waals surface area contributed by atoms with Crippen LogP contribution in [0.3, 0.4) is 0 Å². The summed E-state index contributed by atoms with van der Waals surface area (Å²) in [5.41, 5.74) is 9.61. The Hall–Kier alpha value is -4.31. The number of hydrogen-bond donors (Lipinski definition) is 2. The third kappa shape index (κ3) is 4.37. The summed E-state index contributed by atoms with van der Waals surface area (Å²) in [4.78, 5) is 20.8. The maximum atomic E-state index is 12.3. The van der Waals surface area contributed by atoms with Crippen molar-refractivity contribution in [1.82, 2.24) is 34.7 Å². The van der Waals surface area contributed by atoms with Gasteiger partial charge in [0, 0.05) is 16.3 Å². The van der Waals surface area contributed by atoms with Gasteiger partial charge in [-0.05, 0) is 24.3 Å². The standard InChI is InChI=1S/C22H18ClN9O/c23-15-6-8-16(9-7-15)27-18(33)12-31-10-17(28-30-31)11-32-22-19(21(24)25-13-26-22)20(29-32)14-4-2-1-3-5-14/h1-10,13H,11-12H2,(H,27,33)(H2,24,25,26). The molecule has 0 spiro atoms. The second kappa shape index (κ2) is 8.67. The predicted octanol–water partition coefficient (Wildman–Crippen LogP) is 3.01. The number of fused-ring (bicyclic) bond motifs is 1. The molecule has 1 amide bonds. The molecule has 2 aromatic carbocycles. The fourth-order valence-electron chi connectivity index (χ4n) is 3.46. The monoisotopic (exact) mass is 459 g/mol. The van der Waals surface area contributed by atoms with Gasteiger partial charge in [0.15, 0.2) is 5.65 Å². The lowest BCUT2D eigenvalue weighted by Gasteiger charge is -2.04. The molecule has 11 heteroatoms. The smallest absolute Gasteiger partial charge is 0.246 e. The molecule has 0 bridgehead atoms. The van der Waals surface area contributed by atoms with Gasteiger partial charge in [-0.25, -0.2) is 19.3 Å². The van der Waals surface area contributed by atoms with Crippen LogP contribution in [-0.2, 0) is 17.9 Å². The highest BCUT2D eigenvalue weighted by Gasteiger charge is 2.18. The average Bonchev–Trinajstić information content (AvgIpc) is 3.41. The molecule has 0 saturated heterocycles. The average molecular weight is 460 g/mol. The number of carbonyl (C=O) groups is 1. The van der Waals surface area contributed by atoms with Crippen molar-refractivity contribution in [3.63, 3.8) is 0 Å². The molecule has 0 atom stereocenters. The Morgan fingerprint density at radius 1 is 1.06 bits per heavy atom. The van der Waals surface area contributed by atoms with E-state index in [1.54, 1.807) is 35.1 Å². The third-order valence-corrected chi connectivity index (χ3v) is 5.19. The summed E-state index contributed by atoms with van der Waals surface area (Å²) in [6.07, 6.45) is 3.10. The second-order valence-corrected chi connectivity index (χ2v) is 7.73. The van der Waals surface area contributed by atoms with E-state index in [1.165, 1.54) is 11.0 Å². The fraction of sp³-hybridized carbons (Fsp3) is 0.0909. The number of hydrogen-bond acceptors (Lipinski definition) is 7. The lowest BCUT2D eigenvalue weighted by molar-refractivity contribution is -0.116. The summed E-state index contributed by atoms with van der Waals surface area (Å²) >= 11 is 5.87. The molecular weight excluding hydrogens is 442 g/mol. The molecule has 33 heavy (non-hydrogen) atoms. The number of rotatable bonds is 6. The molecule has 0 saturated carbocycles. The van der Waals surface area contributed by atoms with Gasteiger partial charge in [-0.15, -0.1) is 5.10 Å². The van der Waals surface area contributed by atoms with Crippen molar-refractivity contribution in [2.45, 2.75) is 13.1 Å². The number of nitrogens with one attached hydrogen (secondary N) is 1. The Kier molecular flexibility index (Phi) is 5.41. The molecule has 0 aliphatic carbocycles. The van der Waals surface area contributed by atoms with Crippen LogP contribution in [-0.4, -0.2) is 40.6 Å². The van der Waals surface area contributed by atoms with E-state index in [0.717, 1.165) is 5.56 Å². The number of nitrogens with two attached hydrogens (primary N) is 1. The summed E-state index contributed by atoms with van der Waals surface area (Å²) in [6.45, 7) is 0.318. The zero-order valence-electron chi connectivity index (χ0n) is 17.3. The van der Waals surface area contributed by atoms with Gasteiger partial charge in [-0.3, -0.25) is 4.79 Å². The maximum Gasteiger partial charge on any atom is 0.246 e. The molecule has 164 valence electrons. The van der Waals surface area contributed by atoms with E-state index in [1.807, 2.05) is 30.3 Å². The van der Waals surface area contributed by atoms with E-state index >= 15 is 0 Å². The van der Waals surface area contributed by atoms with Crippen LogP contribution in [0.15, 0.2) is 67.1 Å². The highest BCUT2D eigenvalue weighted by Crippen LogP contribution is 2.30. The molecule has 0 aliphatic heterocycles. The quantitative estimate of drug-likeness (QED) is 0.399. The van der Waals surface area contributed by atoms with Crippen molar-refractivity contribution in [3.8, 4) is 11.3 Å². The molecule has 3 heterocycles. The van der Waals surface area contributed by atoms with Crippen molar-refractivity contribution in [2.24, 2.45) is 0 Å². The molecule has 0 unspecified atom stereocenters. The third-order valence-electron chi connectivity index (χ3n) is 4.94. The number of aromatic nitrogens is 7. The van der Waals surface area contributed by atoms with Crippen LogP contribution in [0.1, 0.15) is 5.69 Å². The molecule has 0 fully saturated rings. The highest BCUT2D eigenvalue weighted by molar-refractivity contribution is 6.30. The van der Waals surface area contributed by atoms with Gasteiger partial charge in [0.1, 0.15) is 30.1 Å². The molecular formula is C22H18ClN9O. The first kappa shape index (κ1) is 20.6. The van der Waals surface area contributed by atoms with E-state index < -0.39 is 0 Å². The fourth-order valence-corrected chi connectivity index (χ4v) is 3.59. The van der Waals surface area contributed by atoms with Crippen LogP contribution in [0, 0.1) is 0 Å². The van der Waals surface area contributed by atoms with Crippen molar-refractivity contribution in [3.05, 3.63) is 77.8 Å². The SMILES string of the molecule is Nc1ncnc2c1c(-c1ccccc1)nn2Cc1cn(CC(=O)Nc2ccc(Cl)cc2)nn1. The summed E-state index contributed by atoms with van der Waals surface area (Å²) in [5.74, 6) is 0.123. The van der Waals surface area contributed by atoms with Gasteiger partial charge in [-0.1, -0.05) is 47.1 Å². The molecule has 10 nitrogen and oxygen atoms in total. The largest absolute Gasteiger partial charge is 0.383 e. The molecule has 5 rings (SSSR count).